The zero-order valence-electron chi connectivity index (χ0n) is 37.6. The van der Waals surface area contributed by atoms with Gasteiger partial charge in [-0.1, -0.05) is 209 Å². The summed E-state index contributed by atoms with van der Waals surface area (Å²) < 4.78 is 5.88. The van der Waals surface area contributed by atoms with Gasteiger partial charge in [-0.3, -0.25) is 9.59 Å². The SMILES string of the molecule is CC/C=C/C=C/C=C\C=C/CCCCCC(=O)OC(CCCCC/C=C/C=C/C=C/CCCCCCC)CC(=O)NC(CO)C(O)CCCCCCCCCCCC. The molecule has 0 aliphatic heterocycles. The maximum Gasteiger partial charge on any atom is 0.306 e. The Bertz CT molecular complexity index is 1130. The maximum atomic E-state index is 13.1. The molecule has 0 radical (unpaired) electrons. The number of unbranched alkanes of at least 4 members (excludes halogenated alkanes) is 20. The average molecular weight is 808 g/mol. The van der Waals surface area contributed by atoms with Crippen molar-refractivity contribution in [2.24, 2.45) is 0 Å². The fourth-order valence-corrected chi connectivity index (χ4v) is 6.73. The Morgan fingerprint density at radius 2 is 0.931 bits per heavy atom. The Morgan fingerprint density at radius 3 is 1.43 bits per heavy atom. The minimum Gasteiger partial charge on any atom is -0.462 e. The minimum absolute atomic E-state index is 0.0343. The van der Waals surface area contributed by atoms with Gasteiger partial charge in [0.05, 0.1) is 25.2 Å². The summed E-state index contributed by atoms with van der Waals surface area (Å²) in [5.41, 5.74) is 0. The number of allylic oxidation sites excluding steroid dienone is 14. The van der Waals surface area contributed by atoms with Crippen LogP contribution in [0.5, 0.6) is 0 Å². The number of hydrogen-bond acceptors (Lipinski definition) is 5. The third-order valence-electron chi connectivity index (χ3n) is 10.4. The number of amides is 1. The van der Waals surface area contributed by atoms with Gasteiger partial charge in [0.25, 0.3) is 0 Å². The highest BCUT2D eigenvalue weighted by Gasteiger charge is 2.24. The molecule has 0 bridgehead atoms. The van der Waals surface area contributed by atoms with Crippen molar-refractivity contribution in [1.29, 1.82) is 0 Å². The van der Waals surface area contributed by atoms with Gasteiger partial charge in [-0.2, -0.15) is 0 Å². The van der Waals surface area contributed by atoms with Gasteiger partial charge >= 0.3 is 5.97 Å². The molecule has 0 rings (SSSR count). The van der Waals surface area contributed by atoms with E-state index in [0.717, 1.165) is 83.5 Å². The Morgan fingerprint density at radius 1 is 0.517 bits per heavy atom. The van der Waals surface area contributed by atoms with Crippen LogP contribution in [0.3, 0.4) is 0 Å². The van der Waals surface area contributed by atoms with Crippen molar-refractivity contribution >= 4 is 11.9 Å². The standard InChI is InChI=1S/C52H89NO5/c1-4-7-10-13-16-19-22-24-25-26-28-29-31-34-37-40-43-48(58-52(57)45-42-39-36-33-30-27-23-20-17-14-11-8-5-2)46-51(56)53-49(47-54)50(55)44-41-38-35-32-21-18-15-12-9-6-3/h8,11,14,17,20,22-30,48-50,54-55H,4-7,9-10,12-13,15-16,18-19,21,31-47H2,1-3H3,(H,53,56)/b11-8+,17-14+,23-20-,24-22+,26-25+,29-28+,30-27-. The van der Waals surface area contributed by atoms with Crippen LogP contribution in [0.15, 0.2) is 85.1 Å². The van der Waals surface area contributed by atoms with E-state index < -0.39 is 18.2 Å². The van der Waals surface area contributed by atoms with Crippen molar-refractivity contribution in [1.82, 2.24) is 5.32 Å². The summed E-state index contributed by atoms with van der Waals surface area (Å²) in [7, 11) is 0. The van der Waals surface area contributed by atoms with Crippen molar-refractivity contribution < 1.29 is 24.5 Å². The third-order valence-corrected chi connectivity index (χ3v) is 10.4. The lowest BCUT2D eigenvalue weighted by Gasteiger charge is -2.24. The van der Waals surface area contributed by atoms with Crippen molar-refractivity contribution in [3.05, 3.63) is 85.1 Å². The lowest BCUT2D eigenvalue weighted by atomic mass is 10.0. The number of carbonyl (C=O) groups is 2. The molecule has 0 aromatic carbocycles. The van der Waals surface area contributed by atoms with Crippen LogP contribution < -0.4 is 5.32 Å². The molecule has 0 aliphatic carbocycles. The van der Waals surface area contributed by atoms with E-state index in [1.165, 1.54) is 77.0 Å². The lowest BCUT2D eigenvalue weighted by Crippen LogP contribution is -2.46. The molecule has 6 heteroatoms. The Labute approximate surface area is 357 Å². The average Bonchev–Trinajstić information content (AvgIpc) is 3.22. The zero-order valence-corrected chi connectivity index (χ0v) is 37.6. The number of aliphatic hydroxyl groups excluding tert-OH is 2. The fourth-order valence-electron chi connectivity index (χ4n) is 6.73. The lowest BCUT2D eigenvalue weighted by molar-refractivity contribution is -0.151. The molecule has 3 atom stereocenters. The van der Waals surface area contributed by atoms with E-state index in [-0.39, 0.29) is 24.9 Å². The molecule has 3 unspecified atom stereocenters. The van der Waals surface area contributed by atoms with Gasteiger partial charge in [-0.25, -0.2) is 0 Å². The van der Waals surface area contributed by atoms with Crippen LogP contribution in [-0.4, -0.2) is 46.9 Å². The number of aliphatic hydroxyl groups is 2. The van der Waals surface area contributed by atoms with Gasteiger partial charge < -0.3 is 20.3 Å². The molecule has 1 amide bonds. The van der Waals surface area contributed by atoms with Crippen LogP contribution in [0, 0.1) is 0 Å². The number of ether oxygens (including phenoxy) is 1. The van der Waals surface area contributed by atoms with Crippen LogP contribution >= 0.6 is 0 Å². The summed E-state index contributed by atoms with van der Waals surface area (Å²) in [6.07, 6.45) is 57.8. The summed E-state index contributed by atoms with van der Waals surface area (Å²) in [5.74, 6) is -0.562. The van der Waals surface area contributed by atoms with Gasteiger partial charge in [0.15, 0.2) is 0 Å². The molecule has 0 heterocycles. The molecule has 0 aromatic heterocycles. The molecule has 0 fully saturated rings. The predicted molar refractivity (Wildman–Crippen MR) is 250 cm³/mol. The number of rotatable bonds is 41. The second-order valence-electron chi connectivity index (χ2n) is 15.9. The van der Waals surface area contributed by atoms with Crippen molar-refractivity contribution in [2.75, 3.05) is 6.61 Å². The van der Waals surface area contributed by atoms with E-state index in [1.54, 1.807) is 0 Å². The third kappa shape index (κ3) is 39.8. The first-order valence-corrected chi connectivity index (χ1v) is 23.9. The highest BCUT2D eigenvalue weighted by molar-refractivity contribution is 5.77. The second kappa shape index (κ2) is 45.1. The number of hydrogen-bond donors (Lipinski definition) is 3. The first-order valence-electron chi connectivity index (χ1n) is 23.9. The van der Waals surface area contributed by atoms with E-state index in [0.29, 0.717) is 19.3 Å². The summed E-state index contributed by atoms with van der Waals surface area (Å²) in [6.45, 7) is 6.28. The van der Waals surface area contributed by atoms with Crippen molar-refractivity contribution in [3.8, 4) is 0 Å². The summed E-state index contributed by atoms with van der Waals surface area (Å²) in [4.78, 5) is 26.0. The van der Waals surface area contributed by atoms with E-state index in [4.69, 9.17) is 4.74 Å². The molecule has 0 aliphatic rings. The highest BCUT2D eigenvalue weighted by Crippen LogP contribution is 2.16. The van der Waals surface area contributed by atoms with Gasteiger partial charge in [0.2, 0.25) is 5.91 Å². The molecule has 0 saturated heterocycles. The monoisotopic (exact) mass is 808 g/mol. The molecular formula is C52H89NO5. The topological polar surface area (TPSA) is 95.9 Å². The predicted octanol–water partition coefficient (Wildman–Crippen LogP) is 14.0. The van der Waals surface area contributed by atoms with Crippen LogP contribution in [0.2, 0.25) is 0 Å². The van der Waals surface area contributed by atoms with E-state index in [1.807, 2.05) is 30.4 Å². The van der Waals surface area contributed by atoms with Crippen molar-refractivity contribution in [2.45, 2.75) is 225 Å². The number of carbonyl (C=O) groups excluding carboxylic acids is 2. The highest BCUT2D eigenvalue weighted by atomic mass is 16.5. The maximum absolute atomic E-state index is 13.1. The fraction of sp³-hybridized carbons (Fsp3) is 0.692. The van der Waals surface area contributed by atoms with E-state index >= 15 is 0 Å². The van der Waals surface area contributed by atoms with Crippen molar-refractivity contribution in [3.63, 3.8) is 0 Å². The second-order valence-corrected chi connectivity index (χ2v) is 15.9. The largest absolute Gasteiger partial charge is 0.462 e. The van der Waals surface area contributed by atoms with Gasteiger partial charge in [0.1, 0.15) is 6.10 Å². The molecular weight excluding hydrogens is 719 g/mol. The summed E-state index contributed by atoms with van der Waals surface area (Å²) >= 11 is 0. The minimum atomic E-state index is -0.807. The Kier molecular flexibility index (Phi) is 42.8. The Hall–Kier alpha value is -2.96. The molecule has 0 aromatic rings. The molecule has 0 saturated carbocycles. The molecule has 332 valence electrons. The quantitative estimate of drug-likeness (QED) is 0.0325. The first kappa shape index (κ1) is 55.0. The van der Waals surface area contributed by atoms with Gasteiger partial charge in [0, 0.05) is 6.42 Å². The molecule has 58 heavy (non-hydrogen) atoms. The first-order chi connectivity index (χ1) is 28.5. The molecule has 6 nitrogen and oxygen atoms in total. The summed E-state index contributed by atoms with van der Waals surface area (Å²) in [6, 6.07) is -0.724. The normalized spacial score (nSPS) is 14.1. The van der Waals surface area contributed by atoms with Crippen LogP contribution in [0.1, 0.15) is 207 Å². The zero-order chi connectivity index (χ0) is 42.4. The molecule has 3 N–H and O–H groups in total. The van der Waals surface area contributed by atoms with Crippen LogP contribution in [0.4, 0.5) is 0 Å². The summed E-state index contributed by atoms with van der Waals surface area (Å²) in [5, 5.41) is 23.6. The molecule has 0 spiro atoms. The van der Waals surface area contributed by atoms with Gasteiger partial charge in [-0.15, -0.1) is 0 Å². The van der Waals surface area contributed by atoms with E-state index in [2.05, 4.69) is 80.8 Å². The van der Waals surface area contributed by atoms with Crippen LogP contribution in [0.25, 0.3) is 0 Å². The smallest absolute Gasteiger partial charge is 0.306 e. The number of nitrogens with one attached hydrogen (secondary N) is 1. The van der Waals surface area contributed by atoms with Gasteiger partial charge in [-0.05, 0) is 70.6 Å². The van der Waals surface area contributed by atoms with Crippen LogP contribution in [-0.2, 0) is 14.3 Å². The van der Waals surface area contributed by atoms with E-state index in [9.17, 15) is 19.8 Å². The Balaban J connectivity index is 4.77. The number of esters is 1.